The summed E-state index contributed by atoms with van der Waals surface area (Å²) in [7, 11) is -1.66. The van der Waals surface area contributed by atoms with Crippen molar-refractivity contribution in [3.8, 4) is 0 Å². The summed E-state index contributed by atoms with van der Waals surface area (Å²) >= 11 is 0. The Kier molecular flexibility index (Phi) is 3.65. The van der Waals surface area contributed by atoms with Crippen molar-refractivity contribution in [1.82, 2.24) is 5.43 Å². The summed E-state index contributed by atoms with van der Waals surface area (Å²) in [5, 5.41) is 3.23. The van der Waals surface area contributed by atoms with E-state index in [1.165, 1.54) is 11.3 Å². The molecule has 13 heavy (non-hydrogen) atoms. The van der Waals surface area contributed by atoms with Crippen molar-refractivity contribution in [2.45, 2.75) is 25.8 Å². The number of halogens is 3. The number of nitrogens with zero attached hydrogens (tertiary/aromatic N) is 1. The van der Waals surface area contributed by atoms with Gasteiger partial charge in [0.15, 0.2) is 0 Å². The Labute approximate surface area is 75.0 Å². The first-order chi connectivity index (χ1) is 5.63. The number of carbonyl (C=O) groups is 1. The molecule has 1 N–H and O–H groups in total. The van der Waals surface area contributed by atoms with Crippen molar-refractivity contribution >= 4 is 19.8 Å². The Morgan fingerprint density at radius 1 is 1.38 bits per heavy atom. The van der Waals surface area contributed by atoms with Crippen LogP contribution in [-0.2, 0) is 4.79 Å². The predicted octanol–water partition coefficient (Wildman–Crippen LogP) is 1.53. The Balaban J connectivity index is 4.06. The van der Waals surface area contributed by atoms with E-state index in [-0.39, 0.29) is 0 Å². The minimum Gasteiger partial charge on any atom is -0.263 e. The van der Waals surface area contributed by atoms with E-state index in [0.717, 1.165) is 0 Å². The number of rotatable bonds is 2. The molecule has 0 saturated heterocycles. The molecule has 0 aromatic rings. The lowest BCUT2D eigenvalue weighted by Crippen LogP contribution is -2.35. The van der Waals surface area contributed by atoms with Crippen molar-refractivity contribution in [1.29, 1.82) is 0 Å². The fourth-order valence-corrected chi connectivity index (χ4v) is 0.800. The highest BCUT2D eigenvalue weighted by Crippen LogP contribution is 2.13. The van der Waals surface area contributed by atoms with Crippen LogP contribution in [0.1, 0.15) is 0 Å². The van der Waals surface area contributed by atoms with Crippen LogP contribution in [0.5, 0.6) is 0 Å². The molecule has 0 heterocycles. The van der Waals surface area contributed by atoms with E-state index in [9.17, 15) is 18.0 Å². The molecule has 0 rings (SSSR count). The SMILES string of the molecule is C[Si](C)(C)/C=N/NC(=O)C(F)(F)F. The summed E-state index contributed by atoms with van der Waals surface area (Å²) < 4.78 is 34.8. The fourth-order valence-electron chi connectivity index (χ4n) is 0.348. The molecular formula is C6H11F3N2OSi. The molecule has 0 radical (unpaired) electrons. The van der Waals surface area contributed by atoms with E-state index in [0.29, 0.717) is 0 Å². The van der Waals surface area contributed by atoms with E-state index in [1.807, 2.05) is 19.6 Å². The molecule has 0 atom stereocenters. The van der Waals surface area contributed by atoms with Gasteiger partial charge in [-0.1, -0.05) is 19.6 Å². The average molecular weight is 212 g/mol. The zero-order valence-corrected chi connectivity index (χ0v) is 8.57. The molecule has 0 spiro atoms. The van der Waals surface area contributed by atoms with Crippen LogP contribution >= 0.6 is 0 Å². The zero-order chi connectivity index (χ0) is 10.7. The van der Waals surface area contributed by atoms with Gasteiger partial charge in [0.1, 0.15) is 0 Å². The van der Waals surface area contributed by atoms with Gasteiger partial charge in [-0.3, -0.25) is 4.79 Å². The second-order valence-corrected chi connectivity index (χ2v) is 8.55. The first kappa shape index (κ1) is 12.1. The topological polar surface area (TPSA) is 41.5 Å². The highest BCUT2D eigenvalue weighted by atomic mass is 28.3. The summed E-state index contributed by atoms with van der Waals surface area (Å²) in [4.78, 5) is 10.2. The minimum atomic E-state index is -4.86. The van der Waals surface area contributed by atoms with Gasteiger partial charge in [0.2, 0.25) is 0 Å². The highest BCUT2D eigenvalue weighted by molar-refractivity contribution is 6.99. The summed E-state index contributed by atoms with van der Waals surface area (Å²) in [6.07, 6.45) is -4.86. The van der Waals surface area contributed by atoms with Crippen molar-refractivity contribution in [3.63, 3.8) is 0 Å². The summed E-state index contributed by atoms with van der Waals surface area (Å²) in [6.45, 7) is 5.66. The Morgan fingerprint density at radius 2 is 1.85 bits per heavy atom. The molecule has 0 aliphatic rings. The molecule has 0 fully saturated rings. The van der Waals surface area contributed by atoms with Crippen LogP contribution in [0.4, 0.5) is 13.2 Å². The maximum atomic E-state index is 11.6. The number of hydrazone groups is 1. The first-order valence-corrected chi connectivity index (χ1v) is 7.12. The van der Waals surface area contributed by atoms with Gasteiger partial charge in [0.25, 0.3) is 0 Å². The molecule has 7 heteroatoms. The molecule has 3 nitrogen and oxygen atoms in total. The van der Waals surface area contributed by atoms with Crippen molar-refractivity contribution in [3.05, 3.63) is 0 Å². The van der Waals surface area contributed by atoms with Crippen LogP contribution in [0.15, 0.2) is 5.10 Å². The normalized spacial score (nSPS) is 13.4. The molecule has 0 aromatic carbocycles. The lowest BCUT2D eigenvalue weighted by Gasteiger charge is -2.07. The monoisotopic (exact) mass is 212 g/mol. The quantitative estimate of drug-likeness (QED) is 0.421. The van der Waals surface area contributed by atoms with Crippen LogP contribution in [0.3, 0.4) is 0 Å². The summed E-state index contributed by atoms with van der Waals surface area (Å²) in [5.74, 6) is -0.668. The van der Waals surface area contributed by atoms with Gasteiger partial charge < -0.3 is 0 Å². The van der Waals surface area contributed by atoms with E-state index in [1.54, 1.807) is 0 Å². The Hall–Kier alpha value is -0.853. The lowest BCUT2D eigenvalue weighted by molar-refractivity contribution is -0.173. The van der Waals surface area contributed by atoms with Gasteiger partial charge >= 0.3 is 12.1 Å². The van der Waals surface area contributed by atoms with Crippen LogP contribution < -0.4 is 5.43 Å². The number of hydrogen-bond acceptors (Lipinski definition) is 2. The maximum Gasteiger partial charge on any atom is 0.473 e. The molecule has 0 aliphatic carbocycles. The molecule has 1 amide bonds. The van der Waals surface area contributed by atoms with E-state index < -0.39 is 20.2 Å². The smallest absolute Gasteiger partial charge is 0.263 e. The van der Waals surface area contributed by atoms with Crippen LogP contribution in [0.2, 0.25) is 19.6 Å². The largest absolute Gasteiger partial charge is 0.473 e. The van der Waals surface area contributed by atoms with Crippen molar-refractivity contribution in [2.75, 3.05) is 0 Å². The first-order valence-electron chi connectivity index (χ1n) is 3.54. The summed E-state index contributed by atoms with van der Waals surface area (Å²) in [5.41, 5.74) is 1.42. The lowest BCUT2D eigenvalue weighted by atomic mass is 10.6. The molecule has 0 aliphatic heterocycles. The number of alkyl halides is 3. The number of hydrogen-bond donors (Lipinski definition) is 1. The van der Waals surface area contributed by atoms with Gasteiger partial charge in [-0.25, -0.2) is 5.43 Å². The van der Waals surface area contributed by atoms with Crippen LogP contribution in [0.25, 0.3) is 0 Å². The van der Waals surface area contributed by atoms with Gasteiger partial charge in [-0.05, 0) is 0 Å². The molecule has 0 bridgehead atoms. The summed E-state index contributed by atoms with van der Waals surface area (Å²) in [6, 6.07) is 0. The van der Waals surface area contributed by atoms with Crippen molar-refractivity contribution < 1.29 is 18.0 Å². The standard InChI is InChI=1S/C6H11F3N2OSi/c1-13(2,3)4-10-11-5(12)6(7,8)9/h4H,1-3H3,(H,11,12)/b10-4+. The average Bonchev–Trinajstić information content (AvgIpc) is 1.82. The minimum absolute atomic E-state index is 1.37. The van der Waals surface area contributed by atoms with Crippen molar-refractivity contribution in [2.24, 2.45) is 5.10 Å². The Morgan fingerprint density at radius 3 is 2.15 bits per heavy atom. The molecule has 0 unspecified atom stereocenters. The fraction of sp³-hybridized carbons (Fsp3) is 0.667. The number of amides is 1. The van der Waals surface area contributed by atoms with E-state index in [4.69, 9.17) is 0 Å². The van der Waals surface area contributed by atoms with E-state index >= 15 is 0 Å². The predicted molar refractivity (Wildman–Crippen MR) is 46.0 cm³/mol. The zero-order valence-electron chi connectivity index (χ0n) is 7.57. The maximum absolute atomic E-state index is 11.6. The third-order valence-corrected chi connectivity index (χ3v) is 1.78. The second kappa shape index (κ2) is 3.90. The van der Waals surface area contributed by atoms with Gasteiger partial charge in [-0.15, -0.1) is 0 Å². The number of nitrogens with one attached hydrogen (secondary N) is 1. The number of carbonyl (C=O) groups excluding carboxylic acids is 1. The second-order valence-electron chi connectivity index (χ2n) is 3.56. The molecule has 76 valence electrons. The molecular weight excluding hydrogens is 201 g/mol. The molecule has 0 aromatic heterocycles. The highest BCUT2D eigenvalue weighted by Gasteiger charge is 2.38. The van der Waals surface area contributed by atoms with E-state index in [2.05, 4.69) is 5.10 Å². The third-order valence-electron chi connectivity index (χ3n) is 0.875. The Bertz CT molecular complexity index is 219. The van der Waals surface area contributed by atoms with Crippen LogP contribution in [0, 0.1) is 0 Å². The third kappa shape index (κ3) is 6.32. The van der Waals surface area contributed by atoms with Gasteiger partial charge in [0, 0.05) is 5.84 Å². The molecule has 0 saturated carbocycles. The van der Waals surface area contributed by atoms with Gasteiger partial charge in [0.05, 0.1) is 8.07 Å². The van der Waals surface area contributed by atoms with Gasteiger partial charge in [-0.2, -0.15) is 18.3 Å². The van der Waals surface area contributed by atoms with Crippen LogP contribution in [-0.4, -0.2) is 26.0 Å².